The van der Waals surface area contributed by atoms with Crippen LogP contribution in [0.1, 0.15) is 22.5 Å². The van der Waals surface area contributed by atoms with E-state index < -0.39 is 11.8 Å². The molecule has 1 aliphatic rings. The molecule has 1 aromatic heterocycles. The number of carbonyl (C=O) groups is 2. The Hall–Kier alpha value is -2.64. The minimum absolute atomic E-state index is 0.00550. The van der Waals surface area contributed by atoms with Crippen molar-refractivity contribution in [1.82, 2.24) is 9.88 Å². The topological polar surface area (TPSA) is 54.3 Å². The van der Waals surface area contributed by atoms with Crippen LogP contribution >= 0.6 is 47.0 Å². The molecule has 4 rings (SSSR count). The van der Waals surface area contributed by atoms with Gasteiger partial charge in [-0.1, -0.05) is 40.9 Å². The van der Waals surface area contributed by atoms with Crippen LogP contribution in [0.3, 0.4) is 0 Å². The minimum atomic E-state index is -0.560. The fraction of sp³-hybridized carbons (Fsp3) is 0.125. The Morgan fingerprint density at radius 1 is 0.939 bits per heavy atom. The van der Waals surface area contributed by atoms with Gasteiger partial charge < -0.3 is 4.57 Å². The number of rotatable bonds is 3. The average Bonchev–Trinajstić information content (AvgIpc) is 3.01. The lowest BCUT2D eigenvalue weighted by atomic mass is 10.1. The normalized spacial score (nSPS) is 15.4. The first kappa shape index (κ1) is 23.5. The number of benzene rings is 2. The van der Waals surface area contributed by atoms with Gasteiger partial charge in [-0.2, -0.15) is 0 Å². The van der Waals surface area contributed by atoms with E-state index in [1.165, 1.54) is 4.90 Å². The summed E-state index contributed by atoms with van der Waals surface area (Å²) in [6.07, 6.45) is 1.56. The molecule has 0 unspecified atom stereocenters. The molecule has 168 valence electrons. The fourth-order valence-corrected chi connectivity index (χ4v) is 4.77. The standard InChI is InChI=1S/C24H18Cl3N3O2S/c1-12-9-15(14(3)29(12)21-8-7-16(25)11-19(21)27)10-17-22(31)28-24(33)30(23(17)32)20-6-4-5-18(26)13(20)2/h4-11H,1-3H3,(H,28,31,33)/b17-10+. The number of nitrogens with one attached hydrogen (secondary N) is 1. The third kappa shape index (κ3) is 4.20. The smallest absolute Gasteiger partial charge is 0.270 e. The summed E-state index contributed by atoms with van der Waals surface area (Å²) in [5.41, 5.74) is 4.30. The molecule has 0 atom stereocenters. The minimum Gasteiger partial charge on any atom is -0.316 e. The van der Waals surface area contributed by atoms with E-state index in [1.807, 2.05) is 30.5 Å². The molecule has 1 fully saturated rings. The molecule has 0 radical (unpaired) electrons. The van der Waals surface area contributed by atoms with E-state index in [9.17, 15) is 9.59 Å². The molecule has 0 bridgehead atoms. The molecular formula is C24H18Cl3N3O2S. The number of thiocarbonyl (C=S) groups is 1. The van der Waals surface area contributed by atoms with Gasteiger partial charge in [-0.3, -0.25) is 19.8 Å². The van der Waals surface area contributed by atoms with E-state index in [0.717, 1.165) is 17.1 Å². The Bertz CT molecular complexity index is 1380. The molecule has 1 saturated heterocycles. The number of nitrogens with zero attached hydrogens (tertiary/aromatic N) is 2. The Labute approximate surface area is 211 Å². The summed E-state index contributed by atoms with van der Waals surface area (Å²) in [5, 5.41) is 4.13. The molecule has 1 aliphatic heterocycles. The molecule has 33 heavy (non-hydrogen) atoms. The first-order valence-corrected chi connectivity index (χ1v) is 11.4. The van der Waals surface area contributed by atoms with Crippen LogP contribution in [-0.2, 0) is 9.59 Å². The summed E-state index contributed by atoms with van der Waals surface area (Å²) in [4.78, 5) is 27.4. The SMILES string of the molecule is Cc1c(Cl)cccc1N1C(=O)/C(=C/c2cc(C)n(-c3ccc(Cl)cc3Cl)c2C)C(=O)NC1=S. The van der Waals surface area contributed by atoms with E-state index in [-0.39, 0.29) is 10.7 Å². The highest BCUT2D eigenvalue weighted by molar-refractivity contribution is 7.80. The predicted molar refractivity (Wildman–Crippen MR) is 138 cm³/mol. The maximum Gasteiger partial charge on any atom is 0.270 e. The van der Waals surface area contributed by atoms with Gasteiger partial charge in [0.2, 0.25) is 0 Å². The Morgan fingerprint density at radius 2 is 1.67 bits per heavy atom. The highest BCUT2D eigenvalue weighted by atomic mass is 35.5. The van der Waals surface area contributed by atoms with Crippen LogP contribution in [-0.4, -0.2) is 21.5 Å². The lowest BCUT2D eigenvalue weighted by Gasteiger charge is -2.30. The van der Waals surface area contributed by atoms with Crippen molar-refractivity contribution in [3.8, 4) is 5.69 Å². The van der Waals surface area contributed by atoms with Gasteiger partial charge in [-0.25, -0.2) is 0 Å². The third-order valence-corrected chi connectivity index (χ3v) is 6.73. The maximum atomic E-state index is 13.4. The Balaban J connectivity index is 1.80. The molecule has 0 aliphatic carbocycles. The van der Waals surface area contributed by atoms with Crippen molar-refractivity contribution in [3.63, 3.8) is 0 Å². The number of carbonyl (C=O) groups excluding carboxylic acids is 2. The second kappa shape index (κ2) is 8.95. The first-order chi connectivity index (χ1) is 15.6. The predicted octanol–water partition coefficient (Wildman–Crippen LogP) is 6.19. The van der Waals surface area contributed by atoms with Crippen LogP contribution in [0.2, 0.25) is 15.1 Å². The third-order valence-electron chi connectivity index (χ3n) is 5.50. The van der Waals surface area contributed by atoms with Gasteiger partial charge in [0.1, 0.15) is 5.57 Å². The van der Waals surface area contributed by atoms with Crippen molar-refractivity contribution < 1.29 is 9.59 Å². The molecule has 0 spiro atoms. The van der Waals surface area contributed by atoms with E-state index >= 15 is 0 Å². The summed E-state index contributed by atoms with van der Waals surface area (Å²) >= 11 is 24.0. The Kier molecular flexibility index (Phi) is 6.38. The molecule has 2 amide bonds. The average molecular weight is 519 g/mol. The second-order valence-electron chi connectivity index (χ2n) is 7.60. The molecular weight excluding hydrogens is 501 g/mol. The van der Waals surface area contributed by atoms with Gasteiger partial charge in [0.05, 0.1) is 16.4 Å². The Morgan fingerprint density at radius 3 is 2.36 bits per heavy atom. The lowest BCUT2D eigenvalue weighted by molar-refractivity contribution is -0.122. The number of halogens is 3. The van der Waals surface area contributed by atoms with E-state index in [2.05, 4.69) is 5.32 Å². The number of hydrogen-bond donors (Lipinski definition) is 1. The van der Waals surface area contributed by atoms with Gasteiger partial charge >= 0.3 is 0 Å². The van der Waals surface area contributed by atoms with Crippen molar-refractivity contribution in [1.29, 1.82) is 0 Å². The fourth-order valence-electron chi connectivity index (χ4n) is 3.84. The summed E-state index contributed by atoms with van der Waals surface area (Å²) in [6.45, 7) is 5.59. The highest BCUT2D eigenvalue weighted by Gasteiger charge is 2.35. The zero-order valence-electron chi connectivity index (χ0n) is 17.9. The van der Waals surface area contributed by atoms with Crippen molar-refractivity contribution in [2.45, 2.75) is 20.8 Å². The van der Waals surface area contributed by atoms with Crippen LogP contribution in [0.5, 0.6) is 0 Å². The van der Waals surface area contributed by atoms with Crippen LogP contribution in [0, 0.1) is 20.8 Å². The number of aromatic nitrogens is 1. The maximum absolute atomic E-state index is 13.4. The van der Waals surface area contributed by atoms with Gasteiger partial charge in [-0.05, 0) is 86.6 Å². The van der Waals surface area contributed by atoms with Gasteiger partial charge in [0, 0.05) is 21.4 Å². The van der Waals surface area contributed by atoms with E-state index in [0.29, 0.717) is 31.9 Å². The van der Waals surface area contributed by atoms with Crippen molar-refractivity contribution in [3.05, 3.63) is 85.6 Å². The molecule has 9 heteroatoms. The van der Waals surface area contributed by atoms with Crippen LogP contribution < -0.4 is 10.2 Å². The molecule has 2 aromatic carbocycles. The zero-order valence-corrected chi connectivity index (χ0v) is 21.0. The first-order valence-electron chi connectivity index (χ1n) is 9.91. The van der Waals surface area contributed by atoms with Crippen LogP contribution in [0.25, 0.3) is 11.8 Å². The molecule has 0 saturated carbocycles. The molecule has 1 N–H and O–H groups in total. The number of amides is 2. The van der Waals surface area contributed by atoms with Gasteiger partial charge in [0.15, 0.2) is 5.11 Å². The van der Waals surface area contributed by atoms with E-state index in [4.69, 9.17) is 47.0 Å². The lowest BCUT2D eigenvalue weighted by Crippen LogP contribution is -2.54. The van der Waals surface area contributed by atoms with Crippen molar-refractivity contribution in [2.24, 2.45) is 0 Å². The second-order valence-corrected chi connectivity index (χ2v) is 9.24. The number of aryl methyl sites for hydroxylation is 1. The summed E-state index contributed by atoms with van der Waals surface area (Å²) < 4.78 is 1.94. The van der Waals surface area contributed by atoms with Gasteiger partial charge in [0.25, 0.3) is 11.8 Å². The molecule has 5 nitrogen and oxygen atoms in total. The van der Waals surface area contributed by atoms with Crippen LogP contribution in [0.4, 0.5) is 5.69 Å². The number of anilines is 1. The summed E-state index contributed by atoms with van der Waals surface area (Å²) in [6, 6.07) is 12.3. The molecule has 2 heterocycles. The van der Waals surface area contributed by atoms with Crippen molar-refractivity contribution >= 4 is 75.7 Å². The quantitative estimate of drug-likeness (QED) is 0.255. The summed E-state index contributed by atoms with van der Waals surface area (Å²) in [5.74, 6) is -1.08. The molecule has 3 aromatic rings. The number of hydrogen-bond acceptors (Lipinski definition) is 3. The van der Waals surface area contributed by atoms with E-state index in [1.54, 1.807) is 43.3 Å². The van der Waals surface area contributed by atoms with Gasteiger partial charge in [-0.15, -0.1) is 0 Å². The van der Waals surface area contributed by atoms with Crippen LogP contribution in [0.15, 0.2) is 48.0 Å². The largest absolute Gasteiger partial charge is 0.316 e. The highest BCUT2D eigenvalue weighted by Crippen LogP contribution is 2.32. The monoisotopic (exact) mass is 517 g/mol. The van der Waals surface area contributed by atoms with Crippen molar-refractivity contribution in [2.75, 3.05) is 4.90 Å². The summed E-state index contributed by atoms with van der Waals surface area (Å²) in [7, 11) is 0. The zero-order chi connectivity index (χ0) is 24.0.